The lowest BCUT2D eigenvalue weighted by Gasteiger charge is -2.26. The van der Waals surface area contributed by atoms with Crippen LogP contribution in [0, 0.1) is 5.41 Å². The lowest BCUT2D eigenvalue weighted by Crippen LogP contribution is -2.30. The van der Waals surface area contributed by atoms with Crippen LogP contribution in [0.1, 0.15) is 26.7 Å². The summed E-state index contributed by atoms with van der Waals surface area (Å²) in [7, 11) is 0. The van der Waals surface area contributed by atoms with Crippen LogP contribution < -0.4 is 0 Å². The molecule has 1 aliphatic heterocycles. The predicted octanol–water partition coefficient (Wildman–Crippen LogP) is 1.23. The summed E-state index contributed by atoms with van der Waals surface area (Å²) in [5.41, 5.74) is 1.13. The zero-order chi connectivity index (χ0) is 9.64. The molecule has 0 saturated carbocycles. The highest BCUT2D eigenvalue weighted by Crippen LogP contribution is 2.44. The first kappa shape index (κ1) is 8.48. The van der Waals surface area contributed by atoms with Gasteiger partial charge in [-0.1, -0.05) is 0 Å². The number of rotatable bonds is 0. The fourth-order valence-electron chi connectivity index (χ4n) is 2.07. The highest BCUT2D eigenvalue weighted by atomic mass is 16.5. The summed E-state index contributed by atoms with van der Waals surface area (Å²) in [6, 6.07) is 0. The molecule has 1 saturated heterocycles. The van der Waals surface area contributed by atoms with Gasteiger partial charge in [-0.2, -0.15) is 0 Å². The zero-order valence-electron chi connectivity index (χ0n) is 7.85. The molecule has 0 aromatic rings. The number of hydrogen-bond acceptors (Lipinski definition) is 3. The van der Waals surface area contributed by atoms with Crippen LogP contribution in [0.4, 0.5) is 0 Å². The number of fused-ring (bicyclic) bond motifs is 1. The maximum atomic E-state index is 11.4. The van der Waals surface area contributed by atoms with Crippen molar-refractivity contribution in [2.75, 3.05) is 6.61 Å². The van der Waals surface area contributed by atoms with Gasteiger partial charge in [0.25, 0.3) is 0 Å². The summed E-state index contributed by atoms with van der Waals surface area (Å²) in [5.74, 6) is -0.0138. The molecule has 0 amide bonds. The Balaban J connectivity index is 2.54. The van der Waals surface area contributed by atoms with E-state index in [1.807, 2.05) is 6.92 Å². The van der Waals surface area contributed by atoms with Crippen LogP contribution in [0.3, 0.4) is 0 Å². The van der Waals surface area contributed by atoms with Crippen molar-refractivity contribution >= 4 is 11.8 Å². The van der Waals surface area contributed by atoms with E-state index in [1.54, 1.807) is 6.92 Å². The van der Waals surface area contributed by atoms with Gasteiger partial charge < -0.3 is 4.74 Å². The van der Waals surface area contributed by atoms with Gasteiger partial charge >= 0.3 is 5.97 Å². The minimum absolute atomic E-state index is 0.158. The maximum absolute atomic E-state index is 11.4. The lowest BCUT2D eigenvalue weighted by molar-refractivity contribution is -0.145. The van der Waals surface area contributed by atoms with Crippen molar-refractivity contribution in [3.8, 4) is 0 Å². The average molecular weight is 180 g/mol. The normalized spacial score (nSPS) is 33.4. The average Bonchev–Trinajstić information content (AvgIpc) is 2.39. The van der Waals surface area contributed by atoms with E-state index >= 15 is 0 Å². The smallest absolute Gasteiger partial charge is 0.316 e. The fraction of sp³-hybridized carbons (Fsp3) is 0.600. The van der Waals surface area contributed by atoms with E-state index in [4.69, 9.17) is 4.74 Å². The Hall–Kier alpha value is -1.12. The second-order valence-electron chi connectivity index (χ2n) is 3.93. The Kier molecular flexibility index (Phi) is 1.59. The number of carbonyl (C=O) groups is 2. The molecule has 0 radical (unpaired) electrons. The van der Waals surface area contributed by atoms with E-state index in [2.05, 4.69) is 0 Å². The molecule has 0 bridgehead atoms. The first-order valence-corrected chi connectivity index (χ1v) is 4.46. The molecule has 0 spiro atoms. The molecule has 0 N–H and O–H groups in total. The number of hydrogen-bond donors (Lipinski definition) is 0. The Labute approximate surface area is 76.8 Å². The minimum atomic E-state index is -0.502. The van der Waals surface area contributed by atoms with Gasteiger partial charge in [-0.15, -0.1) is 0 Å². The van der Waals surface area contributed by atoms with Crippen LogP contribution in [0.5, 0.6) is 0 Å². The third-order valence-corrected chi connectivity index (χ3v) is 3.19. The van der Waals surface area contributed by atoms with Gasteiger partial charge in [0.1, 0.15) is 6.61 Å². The topological polar surface area (TPSA) is 43.4 Å². The molecular weight excluding hydrogens is 168 g/mol. The van der Waals surface area contributed by atoms with Crippen molar-refractivity contribution in [1.82, 2.24) is 0 Å². The Morgan fingerprint density at radius 3 is 2.77 bits per heavy atom. The van der Waals surface area contributed by atoms with Gasteiger partial charge in [0.2, 0.25) is 0 Å². The van der Waals surface area contributed by atoms with Crippen LogP contribution in [0.2, 0.25) is 0 Å². The lowest BCUT2D eigenvalue weighted by atomic mass is 9.72. The molecule has 1 aliphatic carbocycles. The Morgan fingerprint density at radius 1 is 1.38 bits per heavy atom. The largest absolute Gasteiger partial charge is 0.460 e. The summed E-state index contributed by atoms with van der Waals surface area (Å²) in [6.07, 6.45) is 1.08. The van der Waals surface area contributed by atoms with E-state index in [0.29, 0.717) is 19.4 Å². The Bertz CT molecular complexity index is 327. The summed E-state index contributed by atoms with van der Waals surface area (Å²) in [6.45, 7) is 3.97. The van der Waals surface area contributed by atoms with Crippen molar-refractivity contribution < 1.29 is 14.3 Å². The number of Topliss-reactive ketones (excluding diaryl/α,β-unsaturated/α-hetero) is 1. The predicted molar refractivity (Wildman–Crippen MR) is 46.0 cm³/mol. The zero-order valence-corrected chi connectivity index (χ0v) is 7.85. The van der Waals surface area contributed by atoms with Gasteiger partial charge in [-0.25, -0.2) is 0 Å². The molecule has 2 aliphatic rings. The molecule has 0 aromatic heterocycles. The summed E-state index contributed by atoms with van der Waals surface area (Å²) in [5, 5.41) is 0. The van der Waals surface area contributed by atoms with E-state index in [-0.39, 0.29) is 11.8 Å². The van der Waals surface area contributed by atoms with Crippen molar-refractivity contribution in [3.63, 3.8) is 0 Å². The van der Waals surface area contributed by atoms with Gasteiger partial charge in [-0.05, 0) is 31.4 Å². The number of ketones is 1. The fourth-order valence-corrected chi connectivity index (χ4v) is 2.07. The highest BCUT2D eigenvalue weighted by molar-refractivity contribution is 6.00. The Morgan fingerprint density at radius 2 is 2.08 bits per heavy atom. The minimum Gasteiger partial charge on any atom is -0.460 e. The first-order valence-electron chi connectivity index (χ1n) is 4.46. The molecular formula is C10H12O3. The van der Waals surface area contributed by atoms with Crippen molar-refractivity contribution in [1.29, 1.82) is 0 Å². The number of allylic oxidation sites excluding steroid dienone is 1. The molecule has 3 heteroatoms. The van der Waals surface area contributed by atoms with Crippen LogP contribution in [-0.2, 0) is 14.3 Å². The standard InChI is InChI=1S/C10H12O3/c1-6-7-5-13-9(12)10(7,2)4-3-8(6)11/h3-5H2,1-2H3. The third-order valence-electron chi connectivity index (χ3n) is 3.19. The van der Waals surface area contributed by atoms with Crippen molar-refractivity contribution in [2.24, 2.45) is 5.41 Å². The van der Waals surface area contributed by atoms with E-state index in [0.717, 1.165) is 11.1 Å². The van der Waals surface area contributed by atoms with Crippen molar-refractivity contribution in [2.45, 2.75) is 26.7 Å². The monoisotopic (exact) mass is 180 g/mol. The number of cyclic esters (lactones) is 1. The van der Waals surface area contributed by atoms with E-state index in [9.17, 15) is 9.59 Å². The second kappa shape index (κ2) is 2.44. The van der Waals surface area contributed by atoms with Crippen LogP contribution in [-0.4, -0.2) is 18.4 Å². The molecule has 70 valence electrons. The molecule has 0 aromatic carbocycles. The SMILES string of the molecule is CC1=C2COC(=O)C2(C)CCC1=O. The molecule has 1 unspecified atom stereocenters. The molecule has 1 heterocycles. The van der Waals surface area contributed by atoms with Gasteiger partial charge in [-0.3, -0.25) is 9.59 Å². The van der Waals surface area contributed by atoms with Crippen LogP contribution >= 0.6 is 0 Å². The third kappa shape index (κ3) is 0.961. The molecule has 13 heavy (non-hydrogen) atoms. The van der Waals surface area contributed by atoms with Crippen molar-refractivity contribution in [3.05, 3.63) is 11.1 Å². The van der Waals surface area contributed by atoms with E-state index < -0.39 is 5.41 Å². The summed E-state index contributed by atoms with van der Waals surface area (Å²) >= 11 is 0. The van der Waals surface area contributed by atoms with Gasteiger partial charge in [0, 0.05) is 6.42 Å². The quantitative estimate of drug-likeness (QED) is 0.526. The second-order valence-corrected chi connectivity index (χ2v) is 3.93. The first-order chi connectivity index (χ1) is 6.05. The number of ether oxygens (including phenoxy) is 1. The summed E-state index contributed by atoms with van der Waals surface area (Å²) < 4.78 is 4.97. The maximum Gasteiger partial charge on any atom is 0.316 e. The van der Waals surface area contributed by atoms with Crippen LogP contribution in [0.25, 0.3) is 0 Å². The number of carbonyl (C=O) groups excluding carboxylic acids is 2. The van der Waals surface area contributed by atoms with Gasteiger partial charge in [0.15, 0.2) is 5.78 Å². The van der Waals surface area contributed by atoms with Gasteiger partial charge in [0.05, 0.1) is 5.41 Å². The molecule has 2 rings (SSSR count). The highest BCUT2D eigenvalue weighted by Gasteiger charge is 2.48. The van der Waals surface area contributed by atoms with Crippen LogP contribution in [0.15, 0.2) is 11.1 Å². The summed E-state index contributed by atoms with van der Waals surface area (Å²) in [4.78, 5) is 22.8. The van der Waals surface area contributed by atoms with E-state index in [1.165, 1.54) is 0 Å². The molecule has 3 nitrogen and oxygen atoms in total. The molecule has 1 fully saturated rings. The molecule has 1 atom stereocenters. The number of esters is 1.